The van der Waals surface area contributed by atoms with Crippen LogP contribution in [0, 0.1) is 0 Å². The van der Waals surface area contributed by atoms with Gasteiger partial charge in [-0.05, 0) is 20.2 Å². The summed E-state index contributed by atoms with van der Waals surface area (Å²) in [6.45, 7) is 1.30. The molecule has 2 aromatic rings. The van der Waals surface area contributed by atoms with E-state index in [2.05, 4.69) is 5.10 Å². The Kier molecular flexibility index (Phi) is 3.97. The molecule has 0 radical (unpaired) electrons. The van der Waals surface area contributed by atoms with Crippen LogP contribution < -0.4 is 0 Å². The first-order valence-electron chi connectivity index (χ1n) is 6.09. The lowest BCUT2D eigenvalue weighted by molar-refractivity contribution is 0.0682. The van der Waals surface area contributed by atoms with Gasteiger partial charge >= 0.3 is 5.97 Å². The lowest BCUT2D eigenvalue weighted by Crippen LogP contribution is -2.21. The Morgan fingerprint density at radius 2 is 2.00 bits per heavy atom. The molecule has 19 heavy (non-hydrogen) atoms. The lowest BCUT2D eigenvalue weighted by atomic mass is 10.1. The van der Waals surface area contributed by atoms with Crippen molar-refractivity contribution in [3.63, 3.8) is 0 Å². The second-order valence-corrected chi connectivity index (χ2v) is 4.61. The number of aromatic carboxylic acids is 1. The molecule has 0 saturated heterocycles. The van der Waals surface area contributed by atoms with Gasteiger partial charge in [0.15, 0.2) is 0 Å². The molecule has 2 rings (SSSR count). The van der Waals surface area contributed by atoms with Crippen molar-refractivity contribution in [1.29, 1.82) is 0 Å². The van der Waals surface area contributed by atoms with Crippen molar-refractivity contribution in [2.45, 2.75) is 6.54 Å². The summed E-state index contributed by atoms with van der Waals surface area (Å²) < 4.78 is 1.55. The zero-order valence-electron chi connectivity index (χ0n) is 11.1. The largest absolute Gasteiger partial charge is 0.477 e. The third-order valence-corrected chi connectivity index (χ3v) is 2.83. The van der Waals surface area contributed by atoms with Crippen molar-refractivity contribution < 1.29 is 9.90 Å². The van der Waals surface area contributed by atoms with Crippen LogP contribution >= 0.6 is 0 Å². The summed E-state index contributed by atoms with van der Waals surface area (Å²) in [6, 6.07) is 11.2. The summed E-state index contributed by atoms with van der Waals surface area (Å²) in [5.74, 6) is -0.951. The van der Waals surface area contributed by atoms with Gasteiger partial charge in [0.2, 0.25) is 0 Å². The normalized spacial score (nSPS) is 10.9. The molecule has 0 unspecified atom stereocenters. The van der Waals surface area contributed by atoms with Gasteiger partial charge in [0.25, 0.3) is 0 Å². The number of hydrogen-bond acceptors (Lipinski definition) is 3. The van der Waals surface area contributed by atoms with E-state index in [1.54, 1.807) is 10.7 Å². The van der Waals surface area contributed by atoms with Gasteiger partial charge in [-0.15, -0.1) is 0 Å². The molecule has 0 aliphatic rings. The molecule has 0 atom stereocenters. The van der Waals surface area contributed by atoms with Crippen molar-refractivity contribution in [3.8, 4) is 11.3 Å². The van der Waals surface area contributed by atoms with Gasteiger partial charge in [-0.1, -0.05) is 30.3 Å². The first-order chi connectivity index (χ1) is 9.08. The average molecular weight is 259 g/mol. The Morgan fingerprint density at radius 3 is 2.58 bits per heavy atom. The lowest BCUT2D eigenvalue weighted by Gasteiger charge is -2.10. The monoisotopic (exact) mass is 259 g/mol. The maximum atomic E-state index is 11.2. The average Bonchev–Trinajstić information content (AvgIpc) is 2.81. The molecule has 1 aromatic carbocycles. The molecule has 1 heterocycles. The van der Waals surface area contributed by atoms with Crippen LogP contribution in [0.15, 0.2) is 36.4 Å². The summed E-state index contributed by atoms with van der Waals surface area (Å²) in [7, 11) is 3.89. The van der Waals surface area contributed by atoms with E-state index >= 15 is 0 Å². The molecule has 5 nitrogen and oxygen atoms in total. The van der Waals surface area contributed by atoms with Crippen molar-refractivity contribution >= 4 is 5.97 Å². The van der Waals surface area contributed by atoms with Gasteiger partial charge in [-0.25, -0.2) is 4.79 Å². The van der Waals surface area contributed by atoms with Crippen LogP contribution in [0.3, 0.4) is 0 Å². The molecule has 0 aliphatic carbocycles. The van der Waals surface area contributed by atoms with Crippen molar-refractivity contribution in [2.24, 2.45) is 0 Å². The minimum Gasteiger partial charge on any atom is -0.477 e. The summed E-state index contributed by atoms with van der Waals surface area (Å²) in [5, 5.41) is 13.6. The van der Waals surface area contributed by atoms with Gasteiger partial charge in [-0.2, -0.15) is 5.10 Å². The molecular weight excluding hydrogens is 242 g/mol. The molecule has 1 N–H and O–H groups in total. The summed E-state index contributed by atoms with van der Waals surface area (Å²) >= 11 is 0. The Bertz CT molecular complexity index is 561. The molecule has 0 bridgehead atoms. The summed E-state index contributed by atoms with van der Waals surface area (Å²) in [5.41, 5.74) is 1.84. The maximum Gasteiger partial charge on any atom is 0.354 e. The SMILES string of the molecule is CN(C)CCn1nc(-c2ccccc2)cc1C(=O)O. The number of aromatic nitrogens is 2. The smallest absolute Gasteiger partial charge is 0.354 e. The predicted octanol–water partition coefficient (Wildman–Crippen LogP) is 1.81. The quantitative estimate of drug-likeness (QED) is 0.889. The van der Waals surface area contributed by atoms with E-state index in [-0.39, 0.29) is 5.69 Å². The molecule has 100 valence electrons. The van der Waals surface area contributed by atoms with E-state index in [0.29, 0.717) is 12.2 Å². The van der Waals surface area contributed by atoms with E-state index in [4.69, 9.17) is 0 Å². The first-order valence-corrected chi connectivity index (χ1v) is 6.09. The molecule has 0 aliphatic heterocycles. The Hall–Kier alpha value is -2.14. The standard InChI is InChI=1S/C14H17N3O2/c1-16(2)8-9-17-13(14(18)19)10-12(15-17)11-6-4-3-5-7-11/h3-7,10H,8-9H2,1-2H3,(H,18,19). The van der Waals surface area contributed by atoms with Crippen LogP contribution in [0.1, 0.15) is 10.5 Å². The van der Waals surface area contributed by atoms with Gasteiger partial charge in [-0.3, -0.25) is 4.68 Å². The Balaban J connectivity index is 2.32. The van der Waals surface area contributed by atoms with E-state index in [1.807, 2.05) is 49.3 Å². The highest BCUT2D eigenvalue weighted by Gasteiger charge is 2.15. The van der Waals surface area contributed by atoms with Crippen LogP contribution in [0.25, 0.3) is 11.3 Å². The minimum absolute atomic E-state index is 0.223. The fourth-order valence-electron chi connectivity index (χ4n) is 1.80. The highest BCUT2D eigenvalue weighted by Crippen LogP contribution is 2.18. The Morgan fingerprint density at radius 1 is 1.32 bits per heavy atom. The number of carbonyl (C=O) groups is 1. The van der Waals surface area contributed by atoms with Gasteiger partial charge in [0, 0.05) is 12.1 Å². The number of hydrogen-bond donors (Lipinski definition) is 1. The number of likely N-dealkylation sites (N-methyl/N-ethyl adjacent to an activating group) is 1. The number of nitrogens with zero attached hydrogens (tertiary/aromatic N) is 3. The van der Waals surface area contributed by atoms with Crippen LogP contribution in [-0.2, 0) is 6.54 Å². The summed E-state index contributed by atoms with van der Waals surface area (Å²) in [6.07, 6.45) is 0. The third kappa shape index (κ3) is 3.20. The molecule has 5 heteroatoms. The van der Waals surface area contributed by atoms with E-state index in [0.717, 1.165) is 12.1 Å². The highest BCUT2D eigenvalue weighted by atomic mass is 16.4. The highest BCUT2D eigenvalue weighted by molar-refractivity contribution is 5.87. The van der Waals surface area contributed by atoms with Gasteiger partial charge < -0.3 is 10.0 Å². The topological polar surface area (TPSA) is 58.4 Å². The van der Waals surface area contributed by atoms with Crippen molar-refractivity contribution in [2.75, 3.05) is 20.6 Å². The third-order valence-electron chi connectivity index (χ3n) is 2.83. The molecule has 0 fully saturated rings. The van der Waals surface area contributed by atoms with E-state index < -0.39 is 5.97 Å². The zero-order valence-corrected chi connectivity index (χ0v) is 11.1. The second-order valence-electron chi connectivity index (χ2n) is 4.61. The second kappa shape index (κ2) is 5.67. The van der Waals surface area contributed by atoms with E-state index in [9.17, 15) is 9.90 Å². The summed E-state index contributed by atoms with van der Waals surface area (Å²) in [4.78, 5) is 13.2. The Labute approximate surface area is 112 Å². The predicted molar refractivity (Wildman–Crippen MR) is 73.2 cm³/mol. The number of carboxylic acid groups (broad SMARTS) is 1. The fourth-order valence-corrected chi connectivity index (χ4v) is 1.80. The maximum absolute atomic E-state index is 11.2. The van der Waals surface area contributed by atoms with Crippen LogP contribution in [0.5, 0.6) is 0 Å². The molecule has 1 aromatic heterocycles. The zero-order chi connectivity index (χ0) is 13.8. The van der Waals surface area contributed by atoms with Gasteiger partial charge in [0.1, 0.15) is 5.69 Å². The molecule has 0 spiro atoms. The van der Waals surface area contributed by atoms with Crippen LogP contribution in [0.2, 0.25) is 0 Å². The molecule has 0 amide bonds. The van der Waals surface area contributed by atoms with Crippen LogP contribution in [-0.4, -0.2) is 46.4 Å². The molecular formula is C14H17N3O2. The van der Waals surface area contributed by atoms with E-state index in [1.165, 1.54) is 0 Å². The first kappa shape index (κ1) is 13.3. The van der Waals surface area contributed by atoms with Crippen LogP contribution in [0.4, 0.5) is 0 Å². The molecule has 0 saturated carbocycles. The van der Waals surface area contributed by atoms with Crippen molar-refractivity contribution in [3.05, 3.63) is 42.1 Å². The number of carboxylic acids is 1. The van der Waals surface area contributed by atoms with Crippen molar-refractivity contribution in [1.82, 2.24) is 14.7 Å². The number of benzene rings is 1. The minimum atomic E-state index is -0.951. The van der Waals surface area contributed by atoms with Gasteiger partial charge in [0.05, 0.1) is 12.2 Å². The number of rotatable bonds is 5. The fraction of sp³-hybridized carbons (Fsp3) is 0.286.